The number of carbonyl (C=O) groups excluding carboxylic acids is 2. The van der Waals surface area contributed by atoms with Gasteiger partial charge in [0.1, 0.15) is 12.6 Å². The first-order valence-corrected chi connectivity index (χ1v) is 14.3. The second-order valence-electron chi connectivity index (χ2n) is 8.91. The molecule has 0 radical (unpaired) electrons. The Morgan fingerprint density at radius 2 is 1.66 bits per heavy atom. The van der Waals surface area contributed by atoms with Crippen molar-refractivity contribution in [1.82, 2.24) is 10.2 Å². The molecule has 0 saturated carbocycles. The van der Waals surface area contributed by atoms with Gasteiger partial charge in [0.25, 0.3) is 10.0 Å². The van der Waals surface area contributed by atoms with E-state index in [9.17, 15) is 18.0 Å². The van der Waals surface area contributed by atoms with Gasteiger partial charge < -0.3 is 10.2 Å². The molecule has 0 aliphatic heterocycles. The van der Waals surface area contributed by atoms with Crippen molar-refractivity contribution in [2.75, 3.05) is 17.9 Å². The minimum atomic E-state index is -4.12. The van der Waals surface area contributed by atoms with Crippen molar-refractivity contribution in [1.29, 1.82) is 0 Å². The zero-order valence-electron chi connectivity index (χ0n) is 21.7. The molecule has 7 nitrogen and oxygen atoms in total. The molecule has 1 atom stereocenters. The molecular formula is C28H31Cl2N3O4S. The van der Waals surface area contributed by atoms with Crippen molar-refractivity contribution in [3.63, 3.8) is 0 Å². The minimum Gasteiger partial charge on any atom is -0.357 e. The molecule has 202 valence electrons. The van der Waals surface area contributed by atoms with E-state index in [4.69, 9.17) is 23.2 Å². The van der Waals surface area contributed by atoms with Crippen LogP contribution in [-0.2, 0) is 26.2 Å². The number of likely N-dealkylation sites (N-methyl/N-ethyl adjacent to an activating group) is 1. The van der Waals surface area contributed by atoms with Gasteiger partial charge in [0, 0.05) is 23.6 Å². The van der Waals surface area contributed by atoms with E-state index in [0.29, 0.717) is 33.3 Å². The van der Waals surface area contributed by atoms with Crippen molar-refractivity contribution < 1.29 is 18.0 Å². The summed E-state index contributed by atoms with van der Waals surface area (Å²) in [5, 5.41) is 3.37. The molecular weight excluding hydrogens is 545 g/mol. The Labute approximate surface area is 234 Å². The normalized spacial score (nSPS) is 12.1. The highest BCUT2D eigenvalue weighted by Gasteiger charge is 2.34. The van der Waals surface area contributed by atoms with Gasteiger partial charge in [-0.2, -0.15) is 0 Å². The maximum absolute atomic E-state index is 14.0. The van der Waals surface area contributed by atoms with E-state index in [0.717, 1.165) is 9.87 Å². The van der Waals surface area contributed by atoms with Gasteiger partial charge in [0.05, 0.1) is 10.6 Å². The summed E-state index contributed by atoms with van der Waals surface area (Å²) < 4.78 is 28.8. The summed E-state index contributed by atoms with van der Waals surface area (Å²) in [4.78, 5) is 28.2. The van der Waals surface area contributed by atoms with Gasteiger partial charge in [-0.1, -0.05) is 72.1 Å². The fourth-order valence-electron chi connectivity index (χ4n) is 4.24. The van der Waals surface area contributed by atoms with Crippen LogP contribution in [0.5, 0.6) is 0 Å². The molecule has 0 aromatic heterocycles. The largest absolute Gasteiger partial charge is 0.357 e. The summed E-state index contributed by atoms with van der Waals surface area (Å²) in [5.41, 5.74) is 2.61. The van der Waals surface area contributed by atoms with E-state index >= 15 is 0 Å². The molecule has 0 saturated heterocycles. The summed E-state index contributed by atoms with van der Waals surface area (Å²) in [6.45, 7) is 4.97. The molecule has 3 aromatic carbocycles. The Balaban J connectivity index is 2.10. The highest BCUT2D eigenvalue weighted by molar-refractivity contribution is 7.92. The number of carbonyl (C=O) groups is 2. The molecule has 38 heavy (non-hydrogen) atoms. The number of sulfonamides is 1. The summed E-state index contributed by atoms with van der Waals surface area (Å²) in [6, 6.07) is 17.3. The highest BCUT2D eigenvalue weighted by atomic mass is 35.5. The zero-order chi connectivity index (χ0) is 28.0. The lowest BCUT2D eigenvalue weighted by molar-refractivity contribution is -0.140. The van der Waals surface area contributed by atoms with Gasteiger partial charge in [-0.05, 0) is 61.7 Å². The number of nitrogens with one attached hydrogen (secondary N) is 1. The third-order valence-electron chi connectivity index (χ3n) is 6.22. The van der Waals surface area contributed by atoms with Crippen molar-refractivity contribution in [3.8, 4) is 0 Å². The van der Waals surface area contributed by atoms with Gasteiger partial charge in [-0.15, -0.1) is 0 Å². The predicted molar refractivity (Wildman–Crippen MR) is 152 cm³/mol. The number of anilines is 1. The quantitative estimate of drug-likeness (QED) is 0.352. The van der Waals surface area contributed by atoms with E-state index in [-0.39, 0.29) is 17.3 Å². The lowest BCUT2D eigenvalue weighted by Crippen LogP contribution is -2.51. The number of nitrogens with zero attached hydrogens (tertiary/aromatic N) is 2. The van der Waals surface area contributed by atoms with Gasteiger partial charge >= 0.3 is 0 Å². The van der Waals surface area contributed by atoms with Crippen LogP contribution in [0, 0.1) is 13.8 Å². The van der Waals surface area contributed by atoms with Crippen LogP contribution >= 0.6 is 23.2 Å². The molecule has 1 unspecified atom stereocenters. The average molecular weight is 577 g/mol. The lowest BCUT2D eigenvalue weighted by atomic mass is 10.1. The molecule has 0 aliphatic rings. The van der Waals surface area contributed by atoms with Crippen molar-refractivity contribution in [2.45, 2.75) is 44.7 Å². The Kier molecular flexibility index (Phi) is 9.82. The topological polar surface area (TPSA) is 86.8 Å². The van der Waals surface area contributed by atoms with Gasteiger partial charge in [-0.25, -0.2) is 8.42 Å². The van der Waals surface area contributed by atoms with Crippen LogP contribution in [0.4, 0.5) is 5.69 Å². The number of aryl methyl sites for hydroxylation is 2. The smallest absolute Gasteiger partial charge is 0.264 e. The maximum Gasteiger partial charge on any atom is 0.264 e. The summed E-state index contributed by atoms with van der Waals surface area (Å²) in [7, 11) is -2.63. The van der Waals surface area contributed by atoms with E-state index in [1.54, 1.807) is 62.4 Å². The number of amides is 2. The average Bonchev–Trinajstić information content (AvgIpc) is 2.88. The Morgan fingerprint density at radius 3 is 2.24 bits per heavy atom. The van der Waals surface area contributed by atoms with Crippen LogP contribution in [0.25, 0.3) is 0 Å². The van der Waals surface area contributed by atoms with Crippen LogP contribution < -0.4 is 9.62 Å². The standard InChI is InChI=1S/C28H31Cl2N3O4S/c1-5-25(28(35)31-4)32(17-21-12-13-22(29)16-24(21)30)27(34)18-33(26-14-11-19(2)15-20(26)3)38(36,37)23-9-7-6-8-10-23/h6-16,25H,5,17-18H2,1-4H3,(H,31,35). The highest BCUT2D eigenvalue weighted by Crippen LogP contribution is 2.29. The van der Waals surface area contributed by atoms with Crippen LogP contribution in [-0.4, -0.2) is 44.8 Å². The molecule has 0 aliphatic carbocycles. The fraction of sp³-hybridized carbons (Fsp3) is 0.286. The molecule has 3 aromatic rings. The SMILES string of the molecule is CCC(C(=O)NC)N(Cc1ccc(Cl)cc1Cl)C(=O)CN(c1ccc(C)cc1C)S(=O)(=O)c1ccccc1. The second kappa shape index (κ2) is 12.7. The Morgan fingerprint density at radius 1 is 0.974 bits per heavy atom. The van der Waals surface area contributed by atoms with Crippen molar-refractivity contribution in [2.24, 2.45) is 0 Å². The summed E-state index contributed by atoms with van der Waals surface area (Å²) >= 11 is 12.4. The van der Waals surface area contributed by atoms with Gasteiger partial charge in [0.2, 0.25) is 11.8 Å². The molecule has 0 bridgehead atoms. The summed E-state index contributed by atoms with van der Waals surface area (Å²) in [6.07, 6.45) is 0.311. The molecule has 1 N–H and O–H groups in total. The van der Waals surface area contributed by atoms with E-state index in [1.165, 1.54) is 24.1 Å². The number of benzene rings is 3. The monoisotopic (exact) mass is 575 g/mol. The van der Waals surface area contributed by atoms with Gasteiger partial charge in [0.15, 0.2) is 0 Å². The first-order valence-electron chi connectivity index (χ1n) is 12.1. The first kappa shape index (κ1) is 29.5. The predicted octanol–water partition coefficient (Wildman–Crippen LogP) is 5.36. The molecule has 0 fully saturated rings. The van der Waals surface area contributed by atoms with Crippen molar-refractivity contribution in [3.05, 3.63) is 93.5 Å². The van der Waals surface area contributed by atoms with E-state index < -0.39 is 28.5 Å². The van der Waals surface area contributed by atoms with Crippen LogP contribution in [0.2, 0.25) is 10.0 Å². The third kappa shape index (κ3) is 6.67. The fourth-order valence-corrected chi connectivity index (χ4v) is 6.21. The van der Waals surface area contributed by atoms with E-state index in [2.05, 4.69) is 5.32 Å². The first-order chi connectivity index (χ1) is 18.0. The molecule has 10 heteroatoms. The second-order valence-corrected chi connectivity index (χ2v) is 11.6. The van der Waals surface area contributed by atoms with Crippen LogP contribution in [0.3, 0.4) is 0 Å². The minimum absolute atomic E-state index is 0.00708. The molecule has 0 heterocycles. The number of halogens is 2. The molecule has 3 rings (SSSR count). The lowest BCUT2D eigenvalue weighted by Gasteiger charge is -2.33. The molecule has 2 amide bonds. The molecule has 0 spiro atoms. The number of hydrogen-bond donors (Lipinski definition) is 1. The summed E-state index contributed by atoms with van der Waals surface area (Å²) in [5.74, 6) is -0.916. The third-order valence-corrected chi connectivity index (χ3v) is 8.58. The maximum atomic E-state index is 14.0. The Bertz CT molecular complexity index is 1410. The number of hydrogen-bond acceptors (Lipinski definition) is 4. The van der Waals surface area contributed by atoms with Gasteiger partial charge in [-0.3, -0.25) is 13.9 Å². The van der Waals surface area contributed by atoms with Crippen LogP contribution in [0.1, 0.15) is 30.0 Å². The van der Waals surface area contributed by atoms with E-state index in [1.807, 2.05) is 13.0 Å². The van der Waals surface area contributed by atoms with Crippen molar-refractivity contribution >= 4 is 50.7 Å². The van der Waals surface area contributed by atoms with Crippen LogP contribution in [0.15, 0.2) is 71.6 Å². The zero-order valence-corrected chi connectivity index (χ0v) is 24.1. The Hall–Kier alpha value is -3.07. The number of rotatable bonds is 10.